The first-order valence-corrected chi connectivity index (χ1v) is 13.3. The molecule has 4 heteroatoms. The summed E-state index contributed by atoms with van der Waals surface area (Å²) in [6, 6.07) is 38.7. The van der Waals surface area contributed by atoms with Crippen LogP contribution in [0.2, 0.25) is 0 Å². The van der Waals surface area contributed by atoms with Gasteiger partial charge in [-0.3, -0.25) is 9.79 Å². The minimum absolute atomic E-state index is 0.163. The fourth-order valence-corrected chi connectivity index (χ4v) is 8.73. The number of Topliss-reactive ketones (excluding diaryl/α,β-unsaturated/α-hetero) is 1. The second-order valence-corrected chi connectivity index (χ2v) is 11.8. The average Bonchev–Trinajstić information content (AvgIpc) is 2.91. The summed E-state index contributed by atoms with van der Waals surface area (Å²) in [5.41, 5.74) is 1.13. The lowest BCUT2D eigenvalue weighted by Gasteiger charge is -2.27. The molecule has 166 valence electrons. The summed E-state index contributed by atoms with van der Waals surface area (Å²) in [4.78, 5) is 17.7. The lowest BCUT2D eigenvalue weighted by atomic mass is 9.93. The van der Waals surface area contributed by atoms with Gasteiger partial charge < -0.3 is 5.11 Å². The number of hydrogen-bond donors (Lipinski definition) is 0. The standard InChI is InChI=1S/C30H24NO2P/c32-29-22-28(30(33)27-19-11-10-18-26(27)29)31-20-21-34(23-12-4-1-5-13-23,24-14-6-2-7-15-24)25-16-8-3-9-17-25/h1-19,22H,20-21H2. The molecule has 0 heterocycles. The summed E-state index contributed by atoms with van der Waals surface area (Å²) < 4.78 is 0. The van der Waals surface area contributed by atoms with E-state index in [1.165, 1.54) is 22.0 Å². The molecule has 1 aliphatic carbocycles. The summed E-state index contributed by atoms with van der Waals surface area (Å²) in [7, 11) is -2.04. The monoisotopic (exact) mass is 461 g/mol. The van der Waals surface area contributed by atoms with E-state index in [0.29, 0.717) is 17.7 Å². The van der Waals surface area contributed by atoms with Crippen molar-refractivity contribution in [3.63, 3.8) is 0 Å². The van der Waals surface area contributed by atoms with Gasteiger partial charge in [-0.05, 0) is 48.0 Å². The first-order valence-electron chi connectivity index (χ1n) is 11.3. The van der Waals surface area contributed by atoms with Gasteiger partial charge in [0.2, 0.25) is 5.78 Å². The number of carbonyl (C=O) groups is 1. The predicted molar refractivity (Wildman–Crippen MR) is 141 cm³/mol. The van der Waals surface area contributed by atoms with Gasteiger partial charge in [-0.15, -0.1) is 0 Å². The van der Waals surface area contributed by atoms with E-state index in [9.17, 15) is 9.90 Å². The lowest BCUT2D eigenvalue weighted by molar-refractivity contribution is -0.243. The van der Waals surface area contributed by atoms with Gasteiger partial charge in [0.05, 0.1) is 12.7 Å². The van der Waals surface area contributed by atoms with E-state index >= 15 is 0 Å². The van der Waals surface area contributed by atoms with Gasteiger partial charge in [-0.1, -0.05) is 84.6 Å². The summed E-state index contributed by atoms with van der Waals surface area (Å²) in [5, 5.41) is 16.4. The van der Waals surface area contributed by atoms with E-state index in [2.05, 4.69) is 72.8 Å². The van der Waals surface area contributed by atoms with Crippen molar-refractivity contribution in [1.82, 2.24) is 0 Å². The normalized spacial score (nSPS) is 14.5. The molecule has 0 saturated heterocycles. The highest BCUT2D eigenvalue weighted by Crippen LogP contribution is 2.55. The highest BCUT2D eigenvalue weighted by atomic mass is 31.2. The summed E-state index contributed by atoms with van der Waals surface area (Å²) in [6.07, 6.45) is 2.14. The zero-order valence-corrected chi connectivity index (χ0v) is 19.6. The SMILES string of the molecule is O=C1C(=NCC[P+](c2ccccc2)(c2ccccc2)c2ccccc2)C=C([O-])c2ccccc21. The van der Waals surface area contributed by atoms with Crippen molar-refractivity contribution in [2.45, 2.75) is 0 Å². The van der Waals surface area contributed by atoms with Gasteiger partial charge in [-0.25, -0.2) is 0 Å². The third-order valence-corrected chi connectivity index (χ3v) is 10.7. The molecule has 0 radical (unpaired) electrons. The zero-order valence-electron chi connectivity index (χ0n) is 18.7. The summed E-state index contributed by atoms with van der Waals surface area (Å²) >= 11 is 0. The molecule has 0 spiro atoms. The molecule has 0 atom stereocenters. The van der Waals surface area contributed by atoms with Crippen LogP contribution < -0.4 is 21.0 Å². The van der Waals surface area contributed by atoms with Crippen LogP contribution in [-0.2, 0) is 0 Å². The molecular formula is C30H24NO2P. The predicted octanol–water partition coefficient (Wildman–Crippen LogP) is 4.02. The smallest absolute Gasteiger partial charge is 0.211 e. The Bertz CT molecular complexity index is 1270. The third kappa shape index (κ3) is 4.00. The van der Waals surface area contributed by atoms with Crippen molar-refractivity contribution < 1.29 is 9.90 Å². The molecule has 0 saturated carbocycles. The van der Waals surface area contributed by atoms with Crippen molar-refractivity contribution >= 4 is 40.4 Å². The van der Waals surface area contributed by atoms with Gasteiger partial charge in [0.25, 0.3) is 0 Å². The minimum Gasteiger partial charge on any atom is -0.872 e. The molecule has 3 nitrogen and oxygen atoms in total. The quantitative estimate of drug-likeness (QED) is 0.408. The van der Waals surface area contributed by atoms with E-state index < -0.39 is 7.26 Å². The second kappa shape index (κ2) is 9.59. The van der Waals surface area contributed by atoms with E-state index in [1.807, 2.05) is 18.2 Å². The van der Waals surface area contributed by atoms with Gasteiger partial charge in [0, 0.05) is 5.56 Å². The first kappa shape index (κ1) is 22.0. The fourth-order valence-electron chi connectivity index (χ4n) is 4.62. The van der Waals surface area contributed by atoms with Crippen molar-refractivity contribution in [3.8, 4) is 0 Å². The van der Waals surface area contributed by atoms with Gasteiger partial charge in [-0.2, -0.15) is 0 Å². The van der Waals surface area contributed by atoms with Crippen molar-refractivity contribution in [3.05, 3.63) is 132 Å². The molecule has 4 aromatic rings. The van der Waals surface area contributed by atoms with E-state index in [4.69, 9.17) is 4.99 Å². The van der Waals surface area contributed by atoms with Crippen molar-refractivity contribution in [2.24, 2.45) is 4.99 Å². The van der Waals surface area contributed by atoms with Gasteiger partial charge in [0.1, 0.15) is 28.9 Å². The van der Waals surface area contributed by atoms with Crippen LogP contribution in [0.4, 0.5) is 0 Å². The van der Waals surface area contributed by atoms with Crippen molar-refractivity contribution in [2.75, 3.05) is 12.7 Å². The molecule has 0 N–H and O–H groups in total. The molecule has 0 unspecified atom stereocenters. The summed E-state index contributed by atoms with van der Waals surface area (Å²) in [6.45, 7) is 0.444. The van der Waals surface area contributed by atoms with E-state index in [-0.39, 0.29) is 17.3 Å². The van der Waals surface area contributed by atoms with Gasteiger partial charge >= 0.3 is 0 Å². The molecule has 0 bridgehead atoms. The Morgan fingerprint density at radius 3 is 1.56 bits per heavy atom. The number of allylic oxidation sites excluding steroid dienone is 1. The number of hydrogen-bond acceptors (Lipinski definition) is 3. The number of rotatable bonds is 6. The number of nitrogens with zero attached hydrogens (tertiary/aromatic N) is 1. The van der Waals surface area contributed by atoms with Gasteiger partial charge in [0.15, 0.2) is 0 Å². The molecule has 0 aromatic heterocycles. The number of ketones is 1. The second-order valence-electron chi connectivity index (χ2n) is 8.19. The number of fused-ring (bicyclic) bond motifs is 1. The Labute approximate surface area is 200 Å². The maximum absolute atomic E-state index is 13.0. The Morgan fingerprint density at radius 1 is 0.618 bits per heavy atom. The number of benzene rings is 4. The number of carbonyl (C=O) groups excluding carboxylic acids is 1. The minimum atomic E-state index is -2.04. The van der Waals surface area contributed by atoms with Crippen LogP contribution in [-0.4, -0.2) is 24.2 Å². The van der Waals surface area contributed by atoms with Crippen LogP contribution in [0.3, 0.4) is 0 Å². The molecule has 5 rings (SSSR count). The first-order chi connectivity index (χ1) is 16.7. The maximum atomic E-state index is 13.0. The molecule has 0 amide bonds. The maximum Gasteiger partial charge on any atom is 0.211 e. The Balaban J connectivity index is 1.58. The summed E-state index contributed by atoms with van der Waals surface area (Å²) in [5.74, 6) is -0.345. The van der Waals surface area contributed by atoms with Crippen LogP contribution in [0.5, 0.6) is 0 Å². The molecule has 1 aliphatic rings. The number of aliphatic imine (C=N–C) groups is 1. The highest BCUT2D eigenvalue weighted by Gasteiger charge is 2.44. The molecule has 34 heavy (non-hydrogen) atoms. The Hall–Kier alpha value is -3.81. The Morgan fingerprint density at radius 2 is 1.06 bits per heavy atom. The molecular weight excluding hydrogens is 437 g/mol. The van der Waals surface area contributed by atoms with E-state index in [1.54, 1.807) is 24.3 Å². The Kier molecular flexibility index (Phi) is 6.20. The molecule has 4 aromatic carbocycles. The van der Waals surface area contributed by atoms with Crippen LogP contribution in [0, 0.1) is 0 Å². The largest absolute Gasteiger partial charge is 0.872 e. The average molecular weight is 462 g/mol. The van der Waals surface area contributed by atoms with Crippen LogP contribution in [0.15, 0.2) is 126 Å². The fraction of sp³-hybridized carbons (Fsp3) is 0.0667. The topological polar surface area (TPSA) is 52.5 Å². The van der Waals surface area contributed by atoms with Crippen LogP contribution in [0.25, 0.3) is 5.76 Å². The van der Waals surface area contributed by atoms with Crippen LogP contribution >= 0.6 is 7.26 Å². The van der Waals surface area contributed by atoms with E-state index in [0.717, 1.165) is 6.16 Å². The van der Waals surface area contributed by atoms with Crippen molar-refractivity contribution in [1.29, 1.82) is 0 Å². The zero-order chi connectivity index (χ0) is 23.4. The third-order valence-electron chi connectivity index (χ3n) is 6.25. The highest BCUT2D eigenvalue weighted by molar-refractivity contribution is 7.95. The lowest BCUT2D eigenvalue weighted by Crippen LogP contribution is -2.34. The molecule has 0 fully saturated rings. The molecule has 0 aliphatic heterocycles. The van der Waals surface area contributed by atoms with Crippen LogP contribution in [0.1, 0.15) is 15.9 Å².